The van der Waals surface area contributed by atoms with E-state index in [2.05, 4.69) is 21.4 Å². The normalized spacial score (nSPS) is 10.2. The van der Waals surface area contributed by atoms with Crippen molar-refractivity contribution in [1.82, 2.24) is 9.97 Å². The van der Waals surface area contributed by atoms with E-state index in [0.29, 0.717) is 11.4 Å². The molecule has 0 aliphatic heterocycles. The van der Waals surface area contributed by atoms with Gasteiger partial charge in [0.25, 0.3) is 0 Å². The second-order valence-corrected chi connectivity index (χ2v) is 4.52. The Morgan fingerprint density at radius 3 is 2.95 bits per heavy atom. The van der Waals surface area contributed by atoms with Gasteiger partial charge in [-0.15, -0.1) is 0 Å². The fraction of sp³-hybridized carbons (Fsp3) is 0.0625. The van der Waals surface area contributed by atoms with Crippen LogP contribution in [0.1, 0.15) is 11.3 Å². The molecule has 0 unspecified atom stereocenters. The zero-order chi connectivity index (χ0) is 13.9. The van der Waals surface area contributed by atoms with Crippen LogP contribution in [0.3, 0.4) is 0 Å². The highest BCUT2D eigenvalue weighted by Crippen LogP contribution is 2.25. The van der Waals surface area contributed by atoms with Gasteiger partial charge in [0.1, 0.15) is 5.82 Å². The third-order valence-corrected chi connectivity index (χ3v) is 3.03. The first-order valence-corrected chi connectivity index (χ1v) is 6.25. The second kappa shape index (κ2) is 4.98. The number of pyridine rings is 2. The van der Waals surface area contributed by atoms with Gasteiger partial charge < -0.3 is 5.32 Å². The molecule has 2 aromatic heterocycles. The van der Waals surface area contributed by atoms with Crippen molar-refractivity contribution in [2.24, 2.45) is 0 Å². The van der Waals surface area contributed by atoms with E-state index in [1.165, 1.54) is 0 Å². The highest BCUT2D eigenvalue weighted by Gasteiger charge is 2.04. The molecule has 3 aromatic rings. The number of fused-ring (bicyclic) bond motifs is 1. The monoisotopic (exact) mass is 260 g/mol. The van der Waals surface area contributed by atoms with Crippen molar-refractivity contribution in [3.8, 4) is 6.07 Å². The first-order valence-electron chi connectivity index (χ1n) is 6.25. The maximum Gasteiger partial charge on any atom is 0.131 e. The molecule has 0 atom stereocenters. The number of nitriles is 1. The van der Waals surface area contributed by atoms with Gasteiger partial charge in [0.15, 0.2) is 0 Å². The number of aryl methyl sites for hydroxylation is 1. The molecule has 3 rings (SSSR count). The van der Waals surface area contributed by atoms with Crippen molar-refractivity contribution in [2.75, 3.05) is 5.32 Å². The molecule has 2 heterocycles. The summed E-state index contributed by atoms with van der Waals surface area (Å²) in [5, 5.41) is 14.4. The second-order valence-electron chi connectivity index (χ2n) is 4.52. The van der Waals surface area contributed by atoms with E-state index in [4.69, 9.17) is 5.26 Å². The average molecular weight is 260 g/mol. The fourth-order valence-electron chi connectivity index (χ4n) is 2.16. The molecule has 0 bridgehead atoms. The van der Waals surface area contributed by atoms with Gasteiger partial charge in [-0.1, -0.05) is 12.1 Å². The Morgan fingerprint density at radius 2 is 2.10 bits per heavy atom. The Hall–Kier alpha value is -2.93. The van der Waals surface area contributed by atoms with Gasteiger partial charge in [-0.25, -0.2) is 4.98 Å². The summed E-state index contributed by atoms with van der Waals surface area (Å²) < 4.78 is 0. The molecule has 0 amide bonds. The van der Waals surface area contributed by atoms with Crippen LogP contribution in [-0.4, -0.2) is 9.97 Å². The van der Waals surface area contributed by atoms with Gasteiger partial charge >= 0.3 is 0 Å². The number of aromatic nitrogens is 2. The van der Waals surface area contributed by atoms with Crippen molar-refractivity contribution in [3.05, 3.63) is 60.0 Å². The SMILES string of the molecule is Cc1cc(C#N)cc(Nc2cccc3ccncc23)n1. The highest BCUT2D eigenvalue weighted by atomic mass is 15.0. The molecule has 4 heteroatoms. The molecule has 4 nitrogen and oxygen atoms in total. The van der Waals surface area contributed by atoms with Gasteiger partial charge in [-0.05, 0) is 36.6 Å². The number of rotatable bonds is 2. The summed E-state index contributed by atoms with van der Waals surface area (Å²) in [5.74, 6) is 0.665. The van der Waals surface area contributed by atoms with E-state index in [0.717, 1.165) is 22.2 Å². The molecule has 0 radical (unpaired) electrons. The maximum atomic E-state index is 9.01. The number of hydrogen-bond acceptors (Lipinski definition) is 4. The number of hydrogen-bond donors (Lipinski definition) is 1. The van der Waals surface area contributed by atoms with Crippen LogP contribution in [0.15, 0.2) is 48.8 Å². The number of nitrogens with one attached hydrogen (secondary N) is 1. The third-order valence-electron chi connectivity index (χ3n) is 3.03. The van der Waals surface area contributed by atoms with Crippen molar-refractivity contribution in [2.45, 2.75) is 6.92 Å². The van der Waals surface area contributed by atoms with Crippen LogP contribution in [0.5, 0.6) is 0 Å². The van der Waals surface area contributed by atoms with E-state index in [1.807, 2.05) is 37.4 Å². The Kier molecular flexibility index (Phi) is 3.02. The summed E-state index contributed by atoms with van der Waals surface area (Å²) in [5.41, 5.74) is 2.33. The zero-order valence-electron chi connectivity index (χ0n) is 11.0. The lowest BCUT2D eigenvalue weighted by Gasteiger charge is -2.09. The molecule has 1 aromatic carbocycles. The Morgan fingerprint density at radius 1 is 1.20 bits per heavy atom. The molecule has 0 saturated carbocycles. The lowest BCUT2D eigenvalue weighted by atomic mass is 10.1. The van der Waals surface area contributed by atoms with Crippen LogP contribution >= 0.6 is 0 Å². The van der Waals surface area contributed by atoms with Gasteiger partial charge in [0.2, 0.25) is 0 Å². The van der Waals surface area contributed by atoms with Crippen LogP contribution < -0.4 is 5.32 Å². The van der Waals surface area contributed by atoms with Crippen molar-refractivity contribution in [1.29, 1.82) is 5.26 Å². The number of benzene rings is 1. The average Bonchev–Trinajstić information content (AvgIpc) is 2.47. The smallest absolute Gasteiger partial charge is 0.131 e. The summed E-state index contributed by atoms with van der Waals surface area (Å²) in [4.78, 5) is 8.55. The fourth-order valence-corrected chi connectivity index (χ4v) is 2.16. The first-order chi connectivity index (χ1) is 9.76. The lowest BCUT2D eigenvalue weighted by Crippen LogP contribution is -1.97. The Balaban J connectivity index is 2.06. The van der Waals surface area contributed by atoms with Crippen molar-refractivity contribution >= 4 is 22.3 Å². The molecule has 1 N–H and O–H groups in total. The molecular formula is C16H12N4. The van der Waals surface area contributed by atoms with Gasteiger partial charge in [-0.3, -0.25) is 4.98 Å². The predicted molar refractivity (Wildman–Crippen MR) is 78.7 cm³/mol. The molecule has 0 spiro atoms. The Bertz CT molecular complexity index is 813. The minimum Gasteiger partial charge on any atom is -0.340 e. The minimum atomic E-state index is 0.596. The first kappa shape index (κ1) is 12.1. The van der Waals surface area contributed by atoms with Gasteiger partial charge in [-0.2, -0.15) is 5.26 Å². The summed E-state index contributed by atoms with van der Waals surface area (Å²) in [6, 6.07) is 13.6. The molecule has 0 fully saturated rings. The van der Waals surface area contributed by atoms with Crippen LogP contribution in [0, 0.1) is 18.3 Å². The lowest BCUT2D eigenvalue weighted by molar-refractivity contribution is 1.19. The quantitative estimate of drug-likeness (QED) is 0.765. The van der Waals surface area contributed by atoms with Gasteiger partial charge in [0, 0.05) is 29.2 Å². The van der Waals surface area contributed by atoms with Crippen LogP contribution in [0.2, 0.25) is 0 Å². The molecule has 0 aliphatic rings. The maximum absolute atomic E-state index is 9.01. The minimum absolute atomic E-state index is 0.596. The van der Waals surface area contributed by atoms with Crippen molar-refractivity contribution in [3.63, 3.8) is 0 Å². The molecule has 96 valence electrons. The van der Waals surface area contributed by atoms with Crippen molar-refractivity contribution < 1.29 is 0 Å². The molecular weight excluding hydrogens is 248 g/mol. The highest BCUT2D eigenvalue weighted by molar-refractivity contribution is 5.94. The summed E-state index contributed by atoms with van der Waals surface area (Å²) in [7, 11) is 0. The molecule has 20 heavy (non-hydrogen) atoms. The van der Waals surface area contributed by atoms with E-state index >= 15 is 0 Å². The van der Waals surface area contributed by atoms with Crippen LogP contribution in [0.4, 0.5) is 11.5 Å². The van der Waals surface area contributed by atoms with Crippen LogP contribution in [0.25, 0.3) is 10.8 Å². The summed E-state index contributed by atoms with van der Waals surface area (Å²) >= 11 is 0. The Labute approximate surface area is 116 Å². The predicted octanol–water partition coefficient (Wildman–Crippen LogP) is 3.55. The van der Waals surface area contributed by atoms with Crippen LogP contribution in [-0.2, 0) is 0 Å². The van der Waals surface area contributed by atoms with Gasteiger partial charge in [0.05, 0.1) is 11.6 Å². The van der Waals surface area contributed by atoms with E-state index in [-0.39, 0.29) is 0 Å². The third kappa shape index (κ3) is 2.29. The molecule has 0 saturated heterocycles. The zero-order valence-corrected chi connectivity index (χ0v) is 11.0. The topological polar surface area (TPSA) is 61.6 Å². The summed E-state index contributed by atoms with van der Waals surface area (Å²) in [6.07, 6.45) is 3.59. The van der Waals surface area contributed by atoms with E-state index in [1.54, 1.807) is 18.3 Å². The molecule has 0 aliphatic carbocycles. The standard InChI is InChI=1S/C16H12N4/c1-11-7-12(9-17)8-16(19-11)20-15-4-2-3-13-5-6-18-10-14(13)15/h2-8,10H,1H3,(H,19,20). The summed E-state index contributed by atoms with van der Waals surface area (Å²) in [6.45, 7) is 1.87. The van der Waals surface area contributed by atoms with E-state index in [9.17, 15) is 0 Å². The number of anilines is 2. The largest absolute Gasteiger partial charge is 0.340 e. The van der Waals surface area contributed by atoms with E-state index < -0.39 is 0 Å². The number of nitrogens with zero attached hydrogens (tertiary/aromatic N) is 3.